The number of fused-ring (bicyclic) bond motifs is 1. The number of nitrogens with one attached hydrogen (secondary N) is 1. The van der Waals surface area contributed by atoms with Gasteiger partial charge in [-0.25, -0.2) is 12.8 Å². The van der Waals surface area contributed by atoms with E-state index in [4.69, 9.17) is 0 Å². The highest BCUT2D eigenvalue weighted by atomic mass is 127. The molecule has 196 valence electrons. The number of sulfonamides is 1. The van der Waals surface area contributed by atoms with E-state index in [1.165, 1.54) is 15.3 Å². The second-order valence-corrected chi connectivity index (χ2v) is 12.1. The van der Waals surface area contributed by atoms with Crippen molar-refractivity contribution >= 4 is 56.0 Å². The minimum Gasteiger partial charge on any atom is -0.367 e. The number of hydrogen-bond acceptors (Lipinski definition) is 6. The lowest BCUT2D eigenvalue weighted by molar-refractivity contribution is -0.136. The smallest absolute Gasteiger partial charge is 0.255 e. The van der Waals surface area contributed by atoms with Gasteiger partial charge in [0.15, 0.2) is 0 Å². The molecule has 12 heteroatoms. The average Bonchev–Trinajstić information content (AvgIpc) is 3.18. The molecule has 5 rings (SSSR count). The minimum absolute atomic E-state index is 0.144. The monoisotopic (exact) mass is 640 g/mol. The number of halogens is 2. The van der Waals surface area contributed by atoms with Crippen LogP contribution in [0.4, 0.5) is 10.1 Å². The Balaban J connectivity index is 1.33. The molecule has 37 heavy (non-hydrogen) atoms. The quantitative estimate of drug-likeness (QED) is 0.306. The zero-order valence-electron chi connectivity index (χ0n) is 20.2. The predicted octanol–water partition coefficient (Wildman–Crippen LogP) is 2.34. The SMILES string of the molecule is Cc1cccc(CI)c1S(=O)(=O)N1CCN(c2cc3c(cc2F)C(=O)N(C2CCC(=O)NC2=O)C3)CC1. The number of carbonyl (C=O) groups excluding carboxylic acids is 3. The molecule has 1 atom stereocenters. The number of rotatable bonds is 5. The van der Waals surface area contributed by atoms with Gasteiger partial charge in [-0.15, -0.1) is 0 Å². The van der Waals surface area contributed by atoms with Crippen LogP contribution in [0.25, 0.3) is 0 Å². The largest absolute Gasteiger partial charge is 0.367 e. The maximum Gasteiger partial charge on any atom is 0.255 e. The van der Waals surface area contributed by atoms with Crippen molar-refractivity contribution in [2.75, 3.05) is 31.1 Å². The highest BCUT2D eigenvalue weighted by Gasteiger charge is 2.40. The van der Waals surface area contributed by atoms with Crippen LogP contribution in [0.3, 0.4) is 0 Å². The fraction of sp³-hybridized carbons (Fsp3) is 0.400. The normalized spacial score (nSPS) is 20.8. The zero-order chi connectivity index (χ0) is 26.5. The molecule has 1 N–H and O–H groups in total. The third kappa shape index (κ3) is 4.63. The van der Waals surface area contributed by atoms with Crippen LogP contribution in [0.1, 0.15) is 39.9 Å². The van der Waals surface area contributed by atoms with E-state index in [2.05, 4.69) is 27.9 Å². The van der Waals surface area contributed by atoms with E-state index >= 15 is 4.39 Å². The number of alkyl halides is 1. The van der Waals surface area contributed by atoms with Crippen LogP contribution in [-0.2, 0) is 30.6 Å². The lowest BCUT2D eigenvalue weighted by atomic mass is 10.0. The summed E-state index contributed by atoms with van der Waals surface area (Å²) in [6.45, 7) is 2.94. The molecular weight excluding hydrogens is 614 g/mol. The zero-order valence-corrected chi connectivity index (χ0v) is 23.1. The van der Waals surface area contributed by atoms with E-state index < -0.39 is 33.7 Å². The number of aryl methyl sites for hydroxylation is 1. The van der Waals surface area contributed by atoms with Crippen LogP contribution >= 0.6 is 22.6 Å². The number of piperidine rings is 1. The second-order valence-electron chi connectivity index (χ2n) is 9.45. The third-order valence-electron chi connectivity index (χ3n) is 7.21. The van der Waals surface area contributed by atoms with Gasteiger partial charge in [-0.1, -0.05) is 40.8 Å². The molecule has 0 bridgehead atoms. The Bertz CT molecular complexity index is 1410. The van der Waals surface area contributed by atoms with Crippen molar-refractivity contribution in [2.24, 2.45) is 0 Å². The Morgan fingerprint density at radius 1 is 1.11 bits per heavy atom. The number of amides is 3. The summed E-state index contributed by atoms with van der Waals surface area (Å²) in [5, 5.41) is 2.26. The van der Waals surface area contributed by atoms with E-state index in [0.717, 1.165) is 5.56 Å². The number of nitrogens with zero attached hydrogens (tertiary/aromatic N) is 3. The van der Waals surface area contributed by atoms with Crippen molar-refractivity contribution in [1.29, 1.82) is 0 Å². The van der Waals surface area contributed by atoms with Gasteiger partial charge in [0, 0.05) is 49.1 Å². The van der Waals surface area contributed by atoms with Crippen LogP contribution in [0.2, 0.25) is 0 Å². The van der Waals surface area contributed by atoms with Gasteiger partial charge < -0.3 is 9.80 Å². The van der Waals surface area contributed by atoms with Crippen molar-refractivity contribution in [3.63, 3.8) is 0 Å². The molecule has 2 aromatic carbocycles. The number of imide groups is 1. The van der Waals surface area contributed by atoms with Crippen molar-refractivity contribution in [2.45, 2.75) is 41.7 Å². The molecule has 3 amide bonds. The van der Waals surface area contributed by atoms with Crippen LogP contribution in [0, 0.1) is 12.7 Å². The molecule has 3 heterocycles. The van der Waals surface area contributed by atoms with Gasteiger partial charge in [-0.3, -0.25) is 19.7 Å². The van der Waals surface area contributed by atoms with Gasteiger partial charge in [-0.05, 0) is 42.2 Å². The first-order valence-corrected chi connectivity index (χ1v) is 14.9. The molecule has 9 nitrogen and oxygen atoms in total. The molecule has 3 aliphatic heterocycles. The van der Waals surface area contributed by atoms with Crippen molar-refractivity contribution in [3.05, 3.63) is 58.4 Å². The van der Waals surface area contributed by atoms with Crippen molar-refractivity contribution in [1.82, 2.24) is 14.5 Å². The summed E-state index contributed by atoms with van der Waals surface area (Å²) in [6, 6.07) is 7.51. The lowest BCUT2D eigenvalue weighted by Crippen LogP contribution is -2.52. The van der Waals surface area contributed by atoms with E-state index in [1.54, 1.807) is 24.0 Å². The van der Waals surface area contributed by atoms with E-state index in [0.29, 0.717) is 39.2 Å². The van der Waals surface area contributed by atoms with E-state index in [1.807, 2.05) is 12.1 Å². The van der Waals surface area contributed by atoms with Crippen molar-refractivity contribution < 1.29 is 27.2 Å². The molecule has 2 fully saturated rings. The average molecular weight is 640 g/mol. The molecule has 0 saturated carbocycles. The molecule has 0 radical (unpaired) electrons. The van der Waals surface area contributed by atoms with Gasteiger partial charge in [0.25, 0.3) is 5.91 Å². The standard InChI is InChI=1S/C25H26FIN4O5S/c1-15-3-2-4-16(13-27)23(15)37(35,36)30-9-7-29(8-10-30)21-11-17-14-31(25(34)18(17)12-19(21)26)20-5-6-22(32)28-24(20)33/h2-4,11-12,20H,5-10,13-14H2,1H3,(H,28,32,33). The van der Waals surface area contributed by atoms with Gasteiger partial charge in [0.05, 0.1) is 10.6 Å². The van der Waals surface area contributed by atoms with Gasteiger partial charge in [-0.2, -0.15) is 4.31 Å². The third-order valence-corrected chi connectivity index (χ3v) is 10.2. The Labute approximate surface area is 228 Å². The first-order valence-electron chi connectivity index (χ1n) is 12.0. The Hall–Kier alpha value is -2.58. The lowest BCUT2D eigenvalue weighted by Gasteiger charge is -2.36. The maximum absolute atomic E-state index is 15.2. The number of piperazine rings is 1. The van der Waals surface area contributed by atoms with Gasteiger partial charge in [0.1, 0.15) is 11.9 Å². The van der Waals surface area contributed by atoms with E-state index in [-0.39, 0.29) is 43.9 Å². The summed E-state index contributed by atoms with van der Waals surface area (Å²) in [6.07, 6.45) is 0.376. The molecule has 3 aliphatic rings. The summed E-state index contributed by atoms with van der Waals surface area (Å²) in [5.74, 6) is -1.89. The Morgan fingerprint density at radius 3 is 2.51 bits per heavy atom. The van der Waals surface area contributed by atoms with Crippen LogP contribution in [0.5, 0.6) is 0 Å². The van der Waals surface area contributed by atoms with Crippen LogP contribution < -0.4 is 10.2 Å². The Morgan fingerprint density at radius 2 is 1.84 bits per heavy atom. The van der Waals surface area contributed by atoms with Crippen LogP contribution in [0.15, 0.2) is 35.2 Å². The molecule has 1 unspecified atom stereocenters. The highest BCUT2D eigenvalue weighted by molar-refractivity contribution is 14.1. The van der Waals surface area contributed by atoms with Gasteiger partial charge in [0.2, 0.25) is 21.8 Å². The van der Waals surface area contributed by atoms with Crippen molar-refractivity contribution in [3.8, 4) is 0 Å². The fourth-order valence-electron chi connectivity index (χ4n) is 5.30. The first kappa shape index (κ1) is 26.0. The molecule has 2 aromatic rings. The number of anilines is 1. The molecule has 0 aliphatic carbocycles. The number of carbonyl (C=O) groups is 3. The predicted molar refractivity (Wildman–Crippen MR) is 142 cm³/mol. The molecule has 2 saturated heterocycles. The topological polar surface area (TPSA) is 107 Å². The van der Waals surface area contributed by atoms with Crippen LogP contribution in [-0.4, -0.2) is 67.6 Å². The Kier molecular flexibility index (Phi) is 7.00. The maximum atomic E-state index is 15.2. The van der Waals surface area contributed by atoms with E-state index in [9.17, 15) is 22.8 Å². The molecular formula is C25H26FIN4O5S. The summed E-state index contributed by atoms with van der Waals surface area (Å²) in [7, 11) is -3.70. The summed E-state index contributed by atoms with van der Waals surface area (Å²) in [4.78, 5) is 40.2. The summed E-state index contributed by atoms with van der Waals surface area (Å²) >= 11 is 2.16. The minimum atomic E-state index is -3.70. The summed E-state index contributed by atoms with van der Waals surface area (Å²) < 4.78 is 44.1. The van der Waals surface area contributed by atoms with Gasteiger partial charge >= 0.3 is 0 Å². The highest BCUT2D eigenvalue weighted by Crippen LogP contribution is 2.34. The molecule has 0 aromatic heterocycles. The second kappa shape index (κ2) is 9.95. The first-order chi connectivity index (χ1) is 17.6. The summed E-state index contributed by atoms with van der Waals surface area (Å²) in [5.41, 5.74) is 2.58. The fourth-order valence-corrected chi connectivity index (χ4v) is 8.05. The number of hydrogen-bond donors (Lipinski definition) is 1. The number of benzene rings is 2. The molecule has 0 spiro atoms.